The van der Waals surface area contributed by atoms with Crippen molar-refractivity contribution in [2.75, 3.05) is 6.54 Å². The third kappa shape index (κ3) is 4.09. The monoisotopic (exact) mass is 341 g/mol. The van der Waals surface area contributed by atoms with Crippen LogP contribution in [0.4, 0.5) is 0 Å². The van der Waals surface area contributed by atoms with Gasteiger partial charge in [-0.25, -0.2) is 4.79 Å². The molecule has 0 amide bonds. The van der Waals surface area contributed by atoms with Gasteiger partial charge in [0, 0.05) is 12.6 Å². The average molecular weight is 341 g/mol. The Kier molecular flexibility index (Phi) is 6.73. The van der Waals surface area contributed by atoms with Gasteiger partial charge in [0.05, 0.1) is 0 Å². The Hall–Kier alpha value is -2.17. The molecular formula is C21H27NO3. The van der Waals surface area contributed by atoms with Gasteiger partial charge in [-0.2, -0.15) is 0 Å². The summed E-state index contributed by atoms with van der Waals surface area (Å²) in [6.45, 7) is 6.63. The molecule has 0 aliphatic carbocycles. The summed E-state index contributed by atoms with van der Waals surface area (Å²) >= 11 is 0. The first-order valence-electron chi connectivity index (χ1n) is 8.90. The Morgan fingerprint density at radius 2 is 1.40 bits per heavy atom. The maximum Gasteiger partial charge on any atom is 0.366 e. The number of nitrogens with zero attached hydrogens (tertiary/aromatic N) is 1. The zero-order valence-electron chi connectivity index (χ0n) is 15.2. The lowest BCUT2D eigenvalue weighted by atomic mass is 9.86. The van der Waals surface area contributed by atoms with Crippen molar-refractivity contribution in [1.82, 2.24) is 5.06 Å². The second-order valence-corrected chi connectivity index (χ2v) is 6.02. The van der Waals surface area contributed by atoms with Gasteiger partial charge in [0.15, 0.2) is 0 Å². The Balaban J connectivity index is 2.41. The molecule has 0 bridgehead atoms. The second-order valence-electron chi connectivity index (χ2n) is 6.02. The van der Waals surface area contributed by atoms with Crippen LogP contribution in [0.3, 0.4) is 0 Å². The normalized spacial score (nSPS) is 11.8. The predicted octanol–water partition coefficient (Wildman–Crippen LogP) is 3.89. The molecule has 0 spiro atoms. The molecule has 25 heavy (non-hydrogen) atoms. The topological polar surface area (TPSA) is 49.8 Å². The van der Waals surface area contributed by atoms with E-state index < -0.39 is 11.6 Å². The minimum absolute atomic E-state index is 0.129. The fourth-order valence-electron chi connectivity index (χ4n) is 3.03. The fourth-order valence-corrected chi connectivity index (χ4v) is 3.03. The SMILES string of the molecule is CCC(CC)N(CC)OC(=O)C(O)(c1ccccc1)c1ccccc1. The lowest BCUT2D eigenvalue weighted by Gasteiger charge is -2.33. The van der Waals surface area contributed by atoms with E-state index in [1.165, 1.54) is 0 Å². The lowest BCUT2D eigenvalue weighted by Crippen LogP contribution is -2.45. The Morgan fingerprint density at radius 1 is 0.960 bits per heavy atom. The highest BCUT2D eigenvalue weighted by atomic mass is 16.7. The Morgan fingerprint density at radius 3 is 1.76 bits per heavy atom. The first-order valence-corrected chi connectivity index (χ1v) is 8.90. The summed E-state index contributed by atoms with van der Waals surface area (Å²) in [6.07, 6.45) is 1.74. The van der Waals surface area contributed by atoms with Crippen LogP contribution in [0.1, 0.15) is 44.7 Å². The van der Waals surface area contributed by atoms with Crippen LogP contribution in [-0.2, 0) is 15.2 Å². The number of carbonyl (C=O) groups excluding carboxylic acids is 1. The lowest BCUT2D eigenvalue weighted by molar-refractivity contribution is -0.218. The van der Waals surface area contributed by atoms with Crippen LogP contribution in [0.5, 0.6) is 0 Å². The molecule has 0 aromatic heterocycles. The molecule has 2 rings (SSSR count). The number of hydrogen-bond acceptors (Lipinski definition) is 4. The minimum atomic E-state index is -1.85. The van der Waals surface area contributed by atoms with Gasteiger partial charge in [-0.05, 0) is 30.9 Å². The number of aliphatic hydroxyl groups is 1. The van der Waals surface area contributed by atoms with Crippen LogP contribution in [0.25, 0.3) is 0 Å². The highest BCUT2D eigenvalue weighted by molar-refractivity contribution is 5.85. The molecule has 4 heteroatoms. The number of hydroxylamine groups is 2. The zero-order valence-corrected chi connectivity index (χ0v) is 15.2. The van der Waals surface area contributed by atoms with Crippen molar-refractivity contribution in [3.8, 4) is 0 Å². The molecule has 0 saturated heterocycles. The van der Waals surface area contributed by atoms with Crippen molar-refractivity contribution in [2.45, 2.75) is 45.3 Å². The van der Waals surface area contributed by atoms with Crippen molar-refractivity contribution < 1.29 is 14.7 Å². The molecule has 0 radical (unpaired) electrons. The quantitative estimate of drug-likeness (QED) is 0.740. The molecule has 0 unspecified atom stereocenters. The fraction of sp³-hybridized carbons (Fsp3) is 0.381. The minimum Gasteiger partial charge on any atom is -0.370 e. The predicted molar refractivity (Wildman–Crippen MR) is 98.7 cm³/mol. The molecule has 4 nitrogen and oxygen atoms in total. The van der Waals surface area contributed by atoms with Crippen molar-refractivity contribution >= 4 is 5.97 Å². The third-order valence-electron chi connectivity index (χ3n) is 4.54. The summed E-state index contributed by atoms with van der Waals surface area (Å²) in [5, 5.41) is 13.1. The van der Waals surface area contributed by atoms with Gasteiger partial charge in [-0.3, -0.25) is 0 Å². The van der Waals surface area contributed by atoms with Crippen LogP contribution in [0, 0.1) is 0 Å². The van der Waals surface area contributed by atoms with Crippen molar-refractivity contribution in [3.63, 3.8) is 0 Å². The number of benzene rings is 2. The second kappa shape index (κ2) is 8.79. The summed E-state index contributed by atoms with van der Waals surface area (Å²) in [5.41, 5.74) is -0.860. The first-order chi connectivity index (χ1) is 12.1. The molecule has 0 fully saturated rings. The highest BCUT2D eigenvalue weighted by Gasteiger charge is 2.43. The summed E-state index contributed by atoms with van der Waals surface area (Å²) < 4.78 is 0. The van der Waals surface area contributed by atoms with E-state index in [4.69, 9.17) is 4.84 Å². The summed E-state index contributed by atoms with van der Waals surface area (Å²) in [7, 11) is 0. The molecule has 0 atom stereocenters. The van der Waals surface area contributed by atoms with Gasteiger partial charge in [0.1, 0.15) is 0 Å². The summed E-state index contributed by atoms with van der Waals surface area (Å²) in [6, 6.07) is 18.0. The van der Waals surface area contributed by atoms with Crippen molar-refractivity contribution in [2.24, 2.45) is 0 Å². The van der Waals surface area contributed by atoms with E-state index in [0.717, 1.165) is 12.8 Å². The number of carbonyl (C=O) groups is 1. The third-order valence-corrected chi connectivity index (χ3v) is 4.54. The Bertz CT molecular complexity index is 614. The molecule has 0 heterocycles. The van der Waals surface area contributed by atoms with E-state index in [1.807, 2.05) is 19.1 Å². The van der Waals surface area contributed by atoms with Gasteiger partial charge in [0.2, 0.25) is 5.60 Å². The van der Waals surface area contributed by atoms with Crippen LogP contribution in [0.15, 0.2) is 60.7 Å². The van der Waals surface area contributed by atoms with E-state index in [0.29, 0.717) is 17.7 Å². The molecule has 1 N–H and O–H groups in total. The van der Waals surface area contributed by atoms with Gasteiger partial charge >= 0.3 is 5.97 Å². The molecule has 134 valence electrons. The molecule has 0 aliphatic rings. The molecular weight excluding hydrogens is 314 g/mol. The number of rotatable bonds is 8. The van der Waals surface area contributed by atoms with Crippen molar-refractivity contribution in [3.05, 3.63) is 71.8 Å². The average Bonchev–Trinajstić information content (AvgIpc) is 2.68. The van der Waals surface area contributed by atoms with Gasteiger partial charge in [-0.1, -0.05) is 74.5 Å². The smallest absolute Gasteiger partial charge is 0.366 e. The highest BCUT2D eigenvalue weighted by Crippen LogP contribution is 2.31. The van der Waals surface area contributed by atoms with Crippen LogP contribution >= 0.6 is 0 Å². The van der Waals surface area contributed by atoms with Crippen LogP contribution < -0.4 is 0 Å². The van der Waals surface area contributed by atoms with E-state index in [1.54, 1.807) is 53.6 Å². The maximum atomic E-state index is 13.1. The van der Waals surface area contributed by atoms with Crippen molar-refractivity contribution in [1.29, 1.82) is 0 Å². The standard InChI is InChI=1S/C21H27NO3/c1-4-19(5-2)22(6-3)25-20(23)21(24,17-13-9-7-10-14-17)18-15-11-8-12-16-18/h7-16,19,24H,4-6H2,1-3H3. The van der Waals surface area contributed by atoms with Crippen LogP contribution in [0.2, 0.25) is 0 Å². The maximum absolute atomic E-state index is 13.1. The van der Waals surface area contributed by atoms with Gasteiger partial charge in [0.25, 0.3) is 0 Å². The molecule has 2 aromatic rings. The first kappa shape index (κ1) is 19.2. The Labute approximate surface area is 150 Å². The number of hydrogen-bond donors (Lipinski definition) is 1. The molecule has 0 aliphatic heterocycles. The molecule has 2 aromatic carbocycles. The van der Waals surface area contributed by atoms with Gasteiger partial charge in [-0.15, -0.1) is 5.06 Å². The van der Waals surface area contributed by atoms with E-state index in [2.05, 4.69) is 13.8 Å². The summed E-state index contributed by atoms with van der Waals surface area (Å²) in [4.78, 5) is 18.7. The van der Waals surface area contributed by atoms with Crippen LogP contribution in [-0.4, -0.2) is 28.7 Å². The molecule has 0 saturated carbocycles. The zero-order chi connectivity index (χ0) is 18.3. The largest absolute Gasteiger partial charge is 0.370 e. The van der Waals surface area contributed by atoms with E-state index in [9.17, 15) is 9.90 Å². The van der Waals surface area contributed by atoms with E-state index >= 15 is 0 Å². The van der Waals surface area contributed by atoms with E-state index in [-0.39, 0.29) is 6.04 Å². The summed E-state index contributed by atoms with van der Waals surface area (Å²) in [5.74, 6) is -0.682. The van der Waals surface area contributed by atoms with Gasteiger partial charge < -0.3 is 9.94 Å².